The molecule has 4 rings (SSSR count). The van der Waals surface area contributed by atoms with Crippen LogP contribution in [-0.4, -0.2) is 50.5 Å². The van der Waals surface area contributed by atoms with E-state index in [1.807, 2.05) is 49.5 Å². The highest BCUT2D eigenvalue weighted by Gasteiger charge is 2.16. The highest BCUT2D eigenvalue weighted by molar-refractivity contribution is 5.99. The van der Waals surface area contributed by atoms with Crippen LogP contribution >= 0.6 is 0 Å². The van der Waals surface area contributed by atoms with Gasteiger partial charge in [-0.15, -0.1) is 0 Å². The van der Waals surface area contributed by atoms with Crippen LogP contribution in [0, 0.1) is 11.3 Å². The number of amides is 1. The number of aldehydes is 1. The van der Waals surface area contributed by atoms with E-state index < -0.39 is 0 Å². The molecule has 1 aliphatic rings. The third-order valence-corrected chi connectivity index (χ3v) is 5.68. The summed E-state index contributed by atoms with van der Waals surface area (Å²) in [6, 6.07) is 17.6. The molecule has 1 fully saturated rings. The number of nitriles is 1. The molecule has 2 heterocycles. The first-order valence-electron chi connectivity index (χ1n) is 11.3. The third-order valence-electron chi connectivity index (χ3n) is 5.68. The lowest BCUT2D eigenvalue weighted by Gasteiger charge is -2.20. The van der Waals surface area contributed by atoms with Gasteiger partial charge >= 0.3 is 0 Å². The number of benzene rings is 2. The number of nitrogens with zero attached hydrogens (tertiary/aromatic N) is 2. The number of rotatable bonds is 7. The van der Waals surface area contributed by atoms with Crippen LogP contribution in [0.2, 0.25) is 0 Å². The van der Waals surface area contributed by atoms with E-state index in [0.29, 0.717) is 41.7 Å². The second-order valence-electron chi connectivity index (χ2n) is 8.04. The van der Waals surface area contributed by atoms with Crippen LogP contribution in [0.1, 0.15) is 23.3 Å². The molecule has 3 aromatic rings. The van der Waals surface area contributed by atoms with Crippen molar-refractivity contribution in [2.45, 2.75) is 18.9 Å². The largest absolute Gasteiger partial charge is 0.495 e. The number of methoxy groups -OCH3 is 1. The first-order valence-corrected chi connectivity index (χ1v) is 11.3. The molecule has 1 saturated heterocycles. The summed E-state index contributed by atoms with van der Waals surface area (Å²) < 4.78 is 5.46. The van der Waals surface area contributed by atoms with Crippen LogP contribution in [-0.2, 0) is 4.79 Å². The van der Waals surface area contributed by atoms with Crippen molar-refractivity contribution in [1.82, 2.24) is 15.6 Å². The molecule has 0 saturated carbocycles. The second-order valence-corrected chi connectivity index (χ2v) is 8.04. The number of nitrogens with one attached hydrogen (secondary N) is 3. The SMILES string of the molecule is C=C(C#N)CNc1c(OC)ccc2ccc(-c3cccc(C=O)n3)cc12.CNC1CCNC(=O)C1. The van der Waals surface area contributed by atoms with Gasteiger partial charge in [-0.25, -0.2) is 4.98 Å². The molecule has 0 spiro atoms. The predicted octanol–water partition coefficient (Wildman–Crippen LogP) is 3.70. The molecule has 1 aromatic heterocycles. The van der Waals surface area contributed by atoms with E-state index in [4.69, 9.17) is 10.00 Å². The monoisotopic (exact) mass is 471 g/mol. The minimum absolute atomic E-state index is 0.167. The molecule has 1 unspecified atom stereocenters. The molecule has 0 bridgehead atoms. The van der Waals surface area contributed by atoms with E-state index in [-0.39, 0.29) is 5.91 Å². The number of ether oxygens (including phenoxy) is 1. The summed E-state index contributed by atoms with van der Waals surface area (Å²) in [5, 5.41) is 20.0. The number of carbonyl (C=O) groups excluding carboxylic acids is 2. The molecular weight excluding hydrogens is 442 g/mol. The van der Waals surface area contributed by atoms with E-state index in [1.54, 1.807) is 19.2 Å². The zero-order chi connectivity index (χ0) is 25.2. The summed E-state index contributed by atoms with van der Waals surface area (Å²) >= 11 is 0. The van der Waals surface area contributed by atoms with E-state index in [9.17, 15) is 9.59 Å². The maximum absolute atomic E-state index is 11.0. The van der Waals surface area contributed by atoms with Crippen LogP contribution in [0.25, 0.3) is 22.0 Å². The molecule has 35 heavy (non-hydrogen) atoms. The zero-order valence-electron chi connectivity index (χ0n) is 19.9. The van der Waals surface area contributed by atoms with E-state index >= 15 is 0 Å². The van der Waals surface area contributed by atoms with E-state index in [0.717, 1.165) is 41.3 Å². The lowest BCUT2D eigenvalue weighted by atomic mass is 10.0. The first-order chi connectivity index (χ1) is 17.0. The summed E-state index contributed by atoms with van der Waals surface area (Å²) in [5.74, 6) is 0.843. The Labute approximate surface area is 205 Å². The minimum atomic E-state index is 0.167. The van der Waals surface area contributed by atoms with Crippen molar-refractivity contribution in [3.8, 4) is 23.1 Å². The van der Waals surface area contributed by atoms with Gasteiger partial charge in [0.25, 0.3) is 0 Å². The Kier molecular flexibility index (Phi) is 8.93. The van der Waals surface area contributed by atoms with Gasteiger partial charge in [0.2, 0.25) is 5.91 Å². The molecule has 1 aliphatic heterocycles. The van der Waals surface area contributed by atoms with Gasteiger partial charge in [0, 0.05) is 42.1 Å². The van der Waals surface area contributed by atoms with Crippen molar-refractivity contribution in [2.75, 3.05) is 32.6 Å². The third kappa shape index (κ3) is 6.65. The molecule has 3 N–H and O–H groups in total. The maximum Gasteiger partial charge on any atom is 0.221 e. The summed E-state index contributed by atoms with van der Waals surface area (Å²) in [6.07, 6.45) is 2.42. The number of fused-ring (bicyclic) bond motifs is 1. The van der Waals surface area contributed by atoms with Crippen molar-refractivity contribution in [2.24, 2.45) is 0 Å². The Morgan fingerprint density at radius 2 is 2.11 bits per heavy atom. The quantitative estimate of drug-likeness (QED) is 0.355. The summed E-state index contributed by atoms with van der Waals surface area (Å²) in [5.41, 5.74) is 3.20. The van der Waals surface area contributed by atoms with Gasteiger partial charge in [0.05, 0.1) is 24.6 Å². The van der Waals surface area contributed by atoms with Gasteiger partial charge < -0.3 is 20.7 Å². The Balaban J connectivity index is 0.000000320. The van der Waals surface area contributed by atoms with E-state index in [2.05, 4.69) is 27.5 Å². The van der Waals surface area contributed by atoms with Crippen LogP contribution in [0.15, 0.2) is 60.7 Å². The fraction of sp³-hybridized carbons (Fsp3) is 0.259. The number of pyridine rings is 1. The molecule has 1 amide bonds. The van der Waals surface area contributed by atoms with E-state index in [1.165, 1.54) is 0 Å². The fourth-order valence-corrected chi connectivity index (χ4v) is 3.75. The second kappa shape index (κ2) is 12.3. The Morgan fingerprint density at radius 3 is 2.77 bits per heavy atom. The van der Waals surface area contributed by atoms with Gasteiger partial charge in [0.15, 0.2) is 6.29 Å². The summed E-state index contributed by atoms with van der Waals surface area (Å²) in [6.45, 7) is 4.85. The predicted molar refractivity (Wildman–Crippen MR) is 137 cm³/mol. The Bertz CT molecular complexity index is 1270. The van der Waals surface area contributed by atoms with Gasteiger partial charge in [-0.3, -0.25) is 9.59 Å². The van der Waals surface area contributed by atoms with Crippen LogP contribution in [0.3, 0.4) is 0 Å². The number of carbonyl (C=O) groups is 2. The molecule has 8 nitrogen and oxygen atoms in total. The van der Waals surface area contributed by atoms with Gasteiger partial charge in [-0.1, -0.05) is 30.8 Å². The maximum atomic E-state index is 11.0. The first kappa shape index (κ1) is 25.4. The molecule has 2 aromatic carbocycles. The molecular formula is C27H29N5O3. The average Bonchev–Trinajstić information content (AvgIpc) is 2.91. The summed E-state index contributed by atoms with van der Waals surface area (Å²) in [7, 11) is 3.49. The van der Waals surface area contributed by atoms with Crippen molar-refractivity contribution in [1.29, 1.82) is 5.26 Å². The molecule has 0 radical (unpaired) electrons. The summed E-state index contributed by atoms with van der Waals surface area (Å²) in [4.78, 5) is 26.0. The molecule has 1 atom stereocenters. The van der Waals surface area contributed by atoms with Gasteiger partial charge in [-0.2, -0.15) is 5.26 Å². The van der Waals surface area contributed by atoms with Crippen molar-refractivity contribution in [3.63, 3.8) is 0 Å². The van der Waals surface area contributed by atoms with Crippen molar-refractivity contribution < 1.29 is 14.3 Å². The average molecular weight is 472 g/mol. The number of piperidine rings is 1. The van der Waals surface area contributed by atoms with Crippen molar-refractivity contribution in [3.05, 3.63) is 66.4 Å². The molecule has 8 heteroatoms. The topological polar surface area (TPSA) is 116 Å². The van der Waals surface area contributed by atoms with Crippen LogP contribution in [0.4, 0.5) is 5.69 Å². The molecule has 180 valence electrons. The van der Waals surface area contributed by atoms with Crippen LogP contribution in [0.5, 0.6) is 5.75 Å². The van der Waals surface area contributed by atoms with Crippen LogP contribution < -0.4 is 20.7 Å². The Morgan fingerprint density at radius 1 is 1.31 bits per heavy atom. The van der Waals surface area contributed by atoms with Crippen molar-refractivity contribution >= 4 is 28.7 Å². The lowest BCUT2D eigenvalue weighted by Crippen LogP contribution is -2.41. The minimum Gasteiger partial charge on any atom is -0.495 e. The fourth-order valence-electron chi connectivity index (χ4n) is 3.75. The highest BCUT2D eigenvalue weighted by Crippen LogP contribution is 2.35. The standard InChI is InChI=1S/C21H17N3O2.C6H12N2O/c1-14(11-22)12-23-21-18-10-16(19-5-3-4-17(13-25)24-19)7-6-15(18)8-9-20(21)26-2;1-7-5-2-3-8-6(9)4-5/h3-10,13,23H,1,12H2,2H3;5,7H,2-4H2,1H3,(H,8,9). The van der Waals surface area contributed by atoms with Gasteiger partial charge in [0.1, 0.15) is 11.4 Å². The lowest BCUT2D eigenvalue weighted by molar-refractivity contribution is -0.122. The van der Waals surface area contributed by atoms with Gasteiger partial charge in [-0.05, 0) is 43.1 Å². The smallest absolute Gasteiger partial charge is 0.221 e. The Hall–Kier alpha value is -4.22. The number of hydrogen-bond acceptors (Lipinski definition) is 7. The highest BCUT2D eigenvalue weighted by atomic mass is 16.5. The number of aromatic nitrogens is 1. The zero-order valence-corrected chi connectivity index (χ0v) is 19.9. The molecule has 0 aliphatic carbocycles. The number of hydrogen-bond donors (Lipinski definition) is 3. The normalized spacial score (nSPS) is 14.7. The number of anilines is 1.